The first-order valence-electron chi connectivity index (χ1n) is 8.48. The molecule has 2 rings (SSSR count). The highest BCUT2D eigenvalue weighted by Gasteiger charge is 2.31. The SMILES string of the molecule is CC(CC(=O)NC1CCCCC1CN)c1cccc(C(F)(F)F)c1.Cl. The Morgan fingerprint density at radius 1 is 1.32 bits per heavy atom. The van der Waals surface area contributed by atoms with Gasteiger partial charge in [-0.3, -0.25) is 4.79 Å². The van der Waals surface area contributed by atoms with Crippen LogP contribution in [0.25, 0.3) is 0 Å². The van der Waals surface area contributed by atoms with Crippen LogP contribution in [0, 0.1) is 5.92 Å². The van der Waals surface area contributed by atoms with E-state index < -0.39 is 11.7 Å². The monoisotopic (exact) mass is 378 g/mol. The van der Waals surface area contributed by atoms with Crippen molar-refractivity contribution in [3.8, 4) is 0 Å². The summed E-state index contributed by atoms with van der Waals surface area (Å²) >= 11 is 0. The summed E-state index contributed by atoms with van der Waals surface area (Å²) in [6.07, 6.45) is -0.0424. The second-order valence-electron chi connectivity index (χ2n) is 6.68. The largest absolute Gasteiger partial charge is 0.416 e. The molecular weight excluding hydrogens is 353 g/mol. The summed E-state index contributed by atoms with van der Waals surface area (Å²) in [6, 6.07) is 5.28. The number of benzene rings is 1. The number of nitrogens with one attached hydrogen (secondary N) is 1. The second-order valence-corrected chi connectivity index (χ2v) is 6.68. The van der Waals surface area contributed by atoms with Crippen LogP contribution in [0.2, 0.25) is 0 Å². The van der Waals surface area contributed by atoms with Crippen LogP contribution in [0.5, 0.6) is 0 Å². The Hall–Kier alpha value is -1.27. The van der Waals surface area contributed by atoms with E-state index in [2.05, 4.69) is 5.32 Å². The summed E-state index contributed by atoms with van der Waals surface area (Å²) in [6.45, 7) is 2.32. The van der Waals surface area contributed by atoms with Gasteiger partial charge in [-0.1, -0.05) is 38.0 Å². The molecule has 1 saturated carbocycles. The number of halogens is 4. The number of hydrogen-bond donors (Lipinski definition) is 2. The van der Waals surface area contributed by atoms with Crippen molar-refractivity contribution in [1.82, 2.24) is 5.32 Å². The first-order valence-corrected chi connectivity index (χ1v) is 8.48. The molecule has 3 atom stereocenters. The minimum Gasteiger partial charge on any atom is -0.353 e. The van der Waals surface area contributed by atoms with Gasteiger partial charge < -0.3 is 11.1 Å². The Bertz CT molecular complexity index is 565. The lowest BCUT2D eigenvalue weighted by atomic mass is 9.84. The Morgan fingerprint density at radius 3 is 2.64 bits per heavy atom. The van der Waals surface area contributed by atoms with Gasteiger partial charge in [0.2, 0.25) is 5.91 Å². The maximum absolute atomic E-state index is 12.8. The Kier molecular flexibility index (Phi) is 8.22. The fourth-order valence-corrected chi connectivity index (χ4v) is 3.36. The standard InChI is InChI=1S/C18H25F3N2O.ClH/c1-12(13-6-4-7-15(10-13)18(19,20)21)9-17(24)23-16-8-3-2-5-14(16)11-22;/h4,6-7,10,12,14,16H,2-3,5,8-9,11,22H2,1H3,(H,23,24);1H. The van der Waals surface area contributed by atoms with E-state index in [0.717, 1.165) is 37.8 Å². The minimum atomic E-state index is -4.37. The Morgan fingerprint density at radius 2 is 2.00 bits per heavy atom. The van der Waals surface area contributed by atoms with Crippen molar-refractivity contribution in [3.05, 3.63) is 35.4 Å². The fourth-order valence-electron chi connectivity index (χ4n) is 3.36. The van der Waals surface area contributed by atoms with Gasteiger partial charge in [0, 0.05) is 12.5 Å². The van der Waals surface area contributed by atoms with Gasteiger partial charge >= 0.3 is 6.18 Å². The normalized spacial score (nSPS) is 22.0. The minimum absolute atomic E-state index is 0. The molecule has 1 amide bonds. The molecular formula is C18H26ClF3N2O. The summed E-state index contributed by atoms with van der Waals surface area (Å²) in [5.41, 5.74) is 5.61. The zero-order valence-electron chi connectivity index (χ0n) is 14.3. The van der Waals surface area contributed by atoms with Crippen LogP contribution in [-0.4, -0.2) is 18.5 Å². The lowest BCUT2D eigenvalue weighted by Gasteiger charge is -2.31. The molecule has 1 aliphatic carbocycles. The molecule has 1 aliphatic rings. The molecule has 1 fully saturated rings. The Labute approximate surface area is 153 Å². The maximum Gasteiger partial charge on any atom is 0.416 e. The van der Waals surface area contributed by atoms with Gasteiger partial charge in [0.1, 0.15) is 0 Å². The van der Waals surface area contributed by atoms with Crippen LogP contribution < -0.4 is 11.1 Å². The van der Waals surface area contributed by atoms with E-state index in [1.54, 1.807) is 13.0 Å². The lowest BCUT2D eigenvalue weighted by Crippen LogP contribution is -2.44. The third-order valence-corrected chi connectivity index (χ3v) is 4.83. The van der Waals surface area contributed by atoms with E-state index >= 15 is 0 Å². The molecule has 0 saturated heterocycles. The number of nitrogens with two attached hydrogens (primary N) is 1. The predicted octanol–water partition coefficient (Wildman–Crippen LogP) is 4.25. The molecule has 3 nitrogen and oxygen atoms in total. The molecule has 3 N–H and O–H groups in total. The van der Waals surface area contributed by atoms with Crippen molar-refractivity contribution in [2.45, 2.75) is 57.2 Å². The zero-order valence-corrected chi connectivity index (χ0v) is 15.1. The summed E-state index contributed by atoms with van der Waals surface area (Å²) in [5, 5.41) is 3.02. The van der Waals surface area contributed by atoms with E-state index in [1.165, 1.54) is 6.07 Å². The quantitative estimate of drug-likeness (QED) is 0.804. The van der Waals surface area contributed by atoms with E-state index in [9.17, 15) is 18.0 Å². The maximum atomic E-state index is 12.8. The van der Waals surface area contributed by atoms with Gasteiger partial charge in [0.15, 0.2) is 0 Å². The third-order valence-electron chi connectivity index (χ3n) is 4.83. The van der Waals surface area contributed by atoms with E-state index in [4.69, 9.17) is 5.73 Å². The van der Waals surface area contributed by atoms with Gasteiger partial charge in [-0.15, -0.1) is 12.4 Å². The van der Waals surface area contributed by atoms with Gasteiger partial charge in [0.25, 0.3) is 0 Å². The van der Waals surface area contributed by atoms with Gasteiger partial charge in [0.05, 0.1) is 5.56 Å². The van der Waals surface area contributed by atoms with Crippen molar-refractivity contribution in [1.29, 1.82) is 0 Å². The van der Waals surface area contributed by atoms with Crippen molar-refractivity contribution in [2.75, 3.05) is 6.54 Å². The van der Waals surface area contributed by atoms with Gasteiger partial charge in [-0.2, -0.15) is 13.2 Å². The van der Waals surface area contributed by atoms with Gasteiger partial charge in [-0.25, -0.2) is 0 Å². The van der Waals surface area contributed by atoms with Crippen LogP contribution in [-0.2, 0) is 11.0 Å². The molecule has 0 radical (unpaired) electrons. The summed E-state index contributed by atoms with van der Waals surface area (Å²) < 4.78 is 38.4. The number of alkyl halides is 3. The molecule has 0 aliphatic heterocycles. The van der Waals surface area contributed by atoms with Crippen molar-refractivity contribution in [3.63, 3.8) is 0 Å². The highest BCUT2D eigenvalue weighted by Crippen LogP contribution is 2.32. The van der Waals surface area contributed by atoms with Crippen LogP contribution in [0.3, 0.4) is 0 Å². The average Bonchev–Trinajstić information content (AvgIpc) is 2.54. The highest BCUT2D eigenvalue weighted by atomic mass is 35.5. The Balaban J connectivity index is 0.00000312. The number of amides is 1. The topological polar surface area (TPSA) is 55.1 Å². The molecule has 1 aromatic rings. The number of carbonyl (C=O) groups excluding carboxylic acids is 1. The molecule has 1 aromatic carbocycles. The first-order chi connectivity index (χ1) is 11.3. The molecule has 0 bridgehead atoms. The van der Waals surface area contributed by atoms with Crippen molar-refractivity contribution >= 4 is 18.3 Å². The molecule has 0 aromatic heterocycles. The van der Waals surface area contributed by atoms with Crippen LogP contribution in [0.4, 0.5) is 13.2 Å². The third kappa shape index (κ3) is 6.19. The summed E-state index contributed by atoms with van der Waals surface area (Å²) in [7, 11) is 0. The number of hydrogen-bond acceptors (Lipinski definition) is 2. The van der Waals surface area contributed by atoms with E-state index in [1.807, 2.05) is 0 Å². The zero-order chi connectivity index (χ0) is 17.7. The molecule has 25 heavy (non-hydrogen) atoms. The predicted molar refractivity (Wildman–Crippen MR) is 94.7 cm³/mol. The molecule has 0 spiro atoms. The van der Waals surface area contributed by atoms with Gasteiger partial charge in [-0.05, 0) is 42.9 Å². The average molecular weight is 379 g/mol. The number of rotatable bonds is 5. The summed E-state index contributed by atoms with van der Waals surface area (Å²) in [5.74, 6) is -0.0935. The van der Waals surface area contributed by atoms with E-state index in [0.29, 0.717) is 18.0 Å². The smallest absolute Gasteiger partial charge is 0.353 e. The highest BCUT2D eigenvalue weighted by molar-refractivity contribution is 5.85. The molecule has 3 unspecified atom stereocenters. The van der Waals surface area contributed by atoms with E-state index in [-0.39, 0.29) is 36.7 Å². The molecule has 0 heterocycles. The fraction of sp³-hybridized carbons (Fsp3) is 0.611. The molecule has 142 valence electrons. The second kappa shape index (κ2) is 9.43. The lowest BCUT2D eigenvalue weighted by molar-refractivity contribution is -0.137. The molecule has 7 heteroatoms. The van der Waals surface area contributed by atoms with Crippen molar-refractivity contribution < 1.29 is 18.0 Å². The van der Waals surface area contributed by atoms with Crippen LogP contribution in [0.15, 0.2) is 24.3 Å². The number of carbonyl (C=O) groups is 1. The summed E-state index contributed by atoms with van der Waals surface area (Å²) in [4.78, 5) is 12.3. The van der Waals surface area contributed by atoms with Crippen molar-refractivity contribution in [2.24, 2.45) is 11.7 Å². The van der Waals surface area contributed by atoms with Crippen LogP contribution in [0.1, 0.15) is 56.1 Å². The van der Waals surface area contributed by atoms with Crippen LogP contribution >= 0.6 is 12.4 Å². The first kappa shape index (κ1) is 21.8.